The van der Waals surface area contributed by atoms with E-state index >= 15 is 0 Å². The molecule has 0 saturated heterocycles. The summed E-state index contributed by atoms with van der Waals surface area (Å²) >= 11 is 0. The Balaban J connectivity index is 2.21. The molecule has 0 radical (unpaired) electrons. The van der Waals surface area contributed by atoms with Crippen LogP contribution < -0.4 is 0 Å². The molecule has 2 heterocycles. The van der Waals surface area contributed by atoms with E-state index in [1.54, 1.807) is 6.20 Å². The minimum absolute atomic E-state index is 0.0846. The van der Waals surface area contributed by atoms with E-state index in [0.717, 1.165) is 39.8 Å². The van der Waals surface area contributed by atoms with Gasteiger partial charge in [0, 0.05) is 28.5 Å². The van der Waals surface area contributed by atoms with E-state index < -0.39 is 0 Å². The summed E-state index contributed by atoms with van der Waals surface area (Å²) in [5, 5.41) is 1.02. The summed E-state index contributed by atoms with van der Waals surface area (Å²) in [5.41, 5.74) is 2.60. The lowest BCUT2D eigenvalue weighted by molar-refractivity contribution is -0.519. The zero-order valence-corrected chi connectivity index (χ0v) is 10.8. The molecule has 4 nitrogen and oxygen atoms in total. The molecule has 2 aromatic rings. The van der Waals surface area contributed by atoms with Crippen LogP contribution in [0.4, 0.5) is 0 Å². The second kappa shape index (κ2) is 4.80. The third kappa shape index (κ3) is 1.99. The molecule has 1 aromatic carbocycles. The van der Waals surface area contributed by atoms with Crippen LogP contribution in [0.3, 0.4) is 0 Å². The van der Waals surface area contributed by atoms with Crippen molar-refractivity contribution >= 4 is 16.7 Å². The number of hydrogen-bond donors (Lipinski definition) is 0. The van der Waals surface area contributed by atoms with Gasteiger partial charge in [0.15, 0.2) is 0 Å². The molecule has 1 aromatic heterocycles. The fourth-order valence-electron chi connectivity index (χ4n) is 2.40. The predicted octanol–water partition coefficient (Wildman–Crippen LogP) is 3.47. The number of para-hydroxylation sites is 1. The van der Waals surface area contributed by atoms with Crippen LogP contribution in [0.1, 0.15) is 25.3 Å². The lowest BCUT2D eigenvalue weighted by Crippen LogP contribution is -2.01. The molecule has 0 unspecified atom stereocenters. The zero-order chi connectivity index (χ0) is 13.2. The zero-order valence-electron chi connectivity index (χ0n) is 10.8. The van der Waals surface area contributed by atoms with Crippen LogP contribution >= 0.6 is 0 Å². The van der Waals surface area contributed by atoms with Gasteiger partial charge in [-0.05, 0) is 18.6 Å². The second-order valence-corrected chi connectivity index (χ2v) is 4.55. The Kier molecular flexibility index (Phi) is 2.99. The van der Waals surface area contributed by atoms with E-state index in [1.807, 2.05) is 30.3 Å². The number of benzene rings is 1. The van der Waals surface area contributed by atoms with Crippen LogP contribution in [0.25, 0.3) is 16.7 Å². The van der Waals surface area contributed by atoms with Crippen LogP contribution in [0, 0.1) is 4.91 Å². The number of allylic oxidation sites excluding steroid dienone is 1. The molecule has 1 aliphatic heterocycles. The normalized spacial score (nSPS) is 15.1. The Hall–Kier alpha value is -2.23. The second-order valence-electron chi connectivity index (χ2n) is 4.55. The van der Waals surface area contributed by atoms with Gasteiger partial charge in [-0.25, -0.2) is 0 Å². The molecule has 96 valence electrons. The van der Waals surface area contributed by atoms with Crippen molar-refractivity contribution in [1.29, 1.82) is 0 Å². The van der Waals surface area contributed by atoms with E-state index in [0.29, 0.717) is 5.76 Å². The van der Waals surface area contributed by atoms with Gasteiger partial charge in [0.2, 0.25) is 5.76 Å². The highest BCUT2D eigenvalue weighted by atomic mass is 16.5. The van der Waals surface area contributed by atoms with Crippen molar-refractivity contribution in [1.82, 2.24) is 4.98 Å². The van der Waals surface area contributed by atoms with Crippen molar-refractivity contribution in [3.8, 4) is 0 Å². The molecule has 4 heteroatoms. The van der Waals surface area contributed by atoms with Crippen LogP contribution in [0.5, 0.6) is 0 Å². The van der Waals surface area contributed by atoms with Crippen LogP contribution in [-0.2, 0) is 4.74 Å². The first-order valence-corrected chi connectivity index (χ1v) is 6.46. The fraction of sp³-hybridized carbons (Fsp3) is 0.267. The third-order valence-electron chi connectivity index (χ3n) is 3.27. The first-order valence-electron chi connectivity index (χ1n) is 6.46. The van der Waals surface area contributed by atoms with Crippen molar-refractivity contribution < 1.29 is 9.50 Å². The maximum atomic E-state index is 11.8. The molecule has 0 spiro atoms. The Morgan fingerprint density at radius 3 is 3.00 bits per heavy atom. The molecule has 0 fully saturated rings. The minimum Gasteiger partial charge on any atom is -0.425 e. The Bertz CT molecular complexity index is 671. The first-order chi connectivity index (χ1) is 9.31. The number of aromatic nitrogens is 1. The lowest BCUT2D eigenvalue weighted by atomic mass is 10.1. The monoisotopic (exact) mass is 255 g/mol. The van der Waals surface area contributed by atoms with Crippen molar-refractivity contribution in [2.75, 3.05) is 6.73 Å². The van der Waals surface area contributed by atoms with E-state index in [1.165, 1.54) is 0 Å². The number of rotatable bonds is 3. The molecule has 0 amide bonds. The van der Waals surface area contributed by atoms with Crippen molar-refractivity contribution in [3.05, 3.63) is 52.7 Å². The topological polar surface area (TPSA) is 42.2 Å². The average Bonchev–Trinajstić information content (AvgIpc) is 2.80. The molecular formula is C15H15N2O2+. The maximum absolute atomic E-state index is 11.8. The summed E-state index contributed by atoms with van der Waals surface area (Å²) in [4.78, 5) is 16.1. The van der Waals surface area contributed by atoms with Gasteiger partial charge in [-0.15, -0.1) is 0 Å². The van der Waals surface area contributed by atoms with Crippen LogP contribution in [0.2, 0.25) is 0 Å². The predicted molar refractivity (Wildman–Crippen MR) is 73.2 cm³/mol. The van der Waals surface area contributed by atoms with Crippen molar-refractivity contribution in [3.63, 3.8) is 0 Å². The molecule has 1 aliphatic rings. The van der Waals surface area contributed by atoms with Crippen molar-refractivity contribution in [2.45, 2.75) is 19.8 Å². The summed E-state index contributed by atoms with van der Waals surface area (Å²) in [5.74, 6) is 0.704. The van der Waals surface area contributed by atoms with Gasteiger partial charge in [0.25, 0.3) is 5.70 Å². The van der Waals surface area contributed by atoms with Crippen LogP contribution in [-0.4, -0.2) is 16.5 Å². The van der Waals surface area contributed by atoms with Crippen molar-refractivity contribution in [2.24, 2.45) is 0 Å². The number of nitroso groups, excluding NO2 is 1. The highest BCUT2D eigenvalue weighted by Gasteiger charge is 2.33. The fourth-order valence-corrected chi connectivity index (χ4v) is 2.40. The van der Waals surface area contributed by atoms with Gasteiger partial charge in [0.05, 0.1) is 10.3 Å². The van der Waals surface area contributed by atoms with Gasteiger partial charge in [-0.2, -0.15) is 0 Å². The van der Waals surface area contributed by atoms with Gasteiger partial charge in [-0.3, -0.25) is 4.98 Å². The van der Waals surface area contributed by atoms with Gasteiger partial charge in [-0.1, -0.05) is 25.1 Å². The van der Waals surface area contributed by atoms with E-state index in [4.69, 9.17) is 4.74 Å². The highest BCUT2D eigenvalue weighted by molar-refractivity contribution is 5.90. The number of ether oxygens (including phenoxy) is 1. The van der Waals surface area contributed by atoms with E-state index in [9.17, 15) is 4.91 Å². The quantitative estimate of drug-likeness (QED) is 0.789. The number of hydrogen-bond acceptors (Lipinski definition) is 3. The molecule has 0 N–H and O–H groups in total. The van der Waals surface area contributed by atoms with E-state index in [2.05, 4.69) is 11.9 Å². The molecule has 19 heavy (non-hydrogen) atoms. The van der Waals surface area contributed by atoms with Gasteiger partial charge < -0.3 is 4.74 Å². The first kappa shape index (κ1) is 11.8. The summed E-state index contributed by atoms with van der Waals surface area (Å²) in [6, 6.07) is 9.80. The number of pyridine rings is 1. The van der Waals surface area contributed by atoms with Gasteiger partial charge >= 0.3 is 6.73 Å². The summed E-state index contributed by atoms with van der Waals surface area (Å²) < 4.78 is 6.53. The third-order valence-corrected chi connectivity index (χ3v) is 3.27. The molecule has 0 aliphatic carbocycles. The molecule has 3 rings (SSSR count). The lowest BCUT2D eigenvalue weighted by Gasteiger charge is -2.04. The van der Waals surface area contributed by atoms with Crippen LogP contribution in [0.15, 0.2) is 42.2 Å². The summed E-state index contributed by atoms with van der Waals surface area (Å²) in [7, 11) is 0. The number of nitrogens with zero attached hydrogens (tertiary/aromatic N) is 2. The molecule has 0 atom stereocenters. The molecule has 0 bridgehead atoms. The summed E-state index contributed by atoms with van der Waals surface area (Å²) in [6.07, 6.45) is 3.41. The smallest absolute Gasteiger partial charge is 0.340 e. The standard InChI is InChI=1S/C15H15N2O2/c1-2-5-14-15(19-10-17(14)18)12-8-9-16-13-7-4-3-6-11(12)13/h3-4,6-9H,2,5,10H2,1H3/q+1. The maximum Gasteiger partial charge on any atom is 0.340 e. The van der Waals surface area contributed by atoms with Gasteiger partial charge in [0.1, 0.15) is 0 Å². The number of fused-ring (bicyclic) bond motifs is 1. The Morgan fingerprint density at radius 2 is 2.16 bits per heavy atom. The average molecular weight is 255 g/mol. The minimum atomic E-state index is 0.0846. The Labute approximate surface area is 111 Å². The largest absolute Gasteiger partial charge is 0.425 e. The van der Waals surface area contributed by atoms with E-state index in [-0.39, 0.29) is 6.73 Å². The SMILES string of the molecule is CCCC1=C(c2ccnc3ccccc23)OC[N+]1=O. The highest BCUT2D eigenvalue weighted by Crippen LogP contribution is 2.32. The Morgan fingerprint density at radius 1 is 1.32 bits per heavy atom. The summed E-state index contributed by atoms with van der Waals surface area (Å²) in [6.45, 7) is 2.14. The molecular weight excluding hydrogens is 240 g/mol. The molecule has 0 saturated carbocycles.